The van der Waals surface area contributed by atoms with E-state index in [4.69, 9.17) is 16.3 Å². The van der Waals surface area contributed by atoms with E-state index in [9.17, 15) is 13.2 Å². The quantitative estimate of drug-likeness (QED) is 0.777. The van der Waals surface area contributed by atoms with Crippen LogP contribution in [0.25, 0.3) is 0 Å². The minimum Gasteiger partial charge on any atom is -0.495 e. The third-order valence-corrected chi connectivity index (χ3v) is 5.83. The molecule has 1 heterocycles. The first-order valence-corrected chi connectivity index (χ1v) is 10.6. The van der Waals surface area contributed by atoms with Gasteiger partial charge in [0.05, 0.1) is 19.1 Å². The number of benzene rings is 1. The molecule has 140 valence electrons. The molecule has 0 aromatic heterocycles. The first kappa shape index (κ1) is 19.8. The molecule has 0 aliphatic carbocycles. The van der Waals surface area contributed by atoms with Crippen molar-refractivity contribution in [2.24, 2.45) is 0 Å². The zero-order valence-corrected chi connectivity index (χ0v) is 16.4. The standard InChI is InChI=1S/C17H25ClN2O4S/c1-13(17(21)19-10-6-4-5-7-11-19)20(25(3,22)23)15-12-14(18)8-9-16(15)24-2/h8-9,12-13H,4-7,10-11H2,1-3H3. The first-order chi connectivity index (χ1) is 11.8. The second kappa shape index (κ2) is 8.27. The van der Waals surface area contributed by atoms with Gasteiger partial charge >= 0.3 is 0 Å². The summed E-state index contributed by atoms with van der Waals surface area (Å²) < 4.78 is 31.3. The van der Waals surface area contributed by atoms with Crippen LogP contribution in [0.5, 0.6) is 5.75 Å². The molecule has 1 saturated heterocycles. The van der Waals surface area contributed by atoms with E-state index in [0.717, 1.165) is 36.2 Å². The second-order valence-corrected chi connectivity index (χ2v) is 8.59. The lowest BCUT2D eigenvalue weighted by Crippen LogP contribution is -2.49. The number of sulfonamides is 1. The summed E-state index contributed by atoms with van der Waals surface area (Å²) in [5.74, 6) is 0.152. The fourth-order valence-corrected chi connectivity index (χ4v) is 4.50. The number of halogens is 1. The molecule has 1 amide bonds. The van der Waals surface area contributed by atoms with Crippen LogP contribution in [0.4, 0.5) is 5.69 Å². The summed E-state index contributed by atoms with van der Waals surface area (Å²) in [4.78, 5) is 14.7. The third kappa shape index (κ3) is 4.79. The van der Waals surface area contributed by atoms with Gasteiger partial charge in [0.2, 0.25) is 15.9 Å². The number of methoxy groups -OCH3 is 1. The number of hydrogen-bond donors (Lipinski definition) is 0. The zero-order valence-electron chi connectivity index (χ0n) is 14.9. The van der Waals surface area contributed by atoms with Gasteiger partial charge in [-0.25, -0.2) is 8.42 Å². The highest BCUT2D eigenvalue weighted by molar-refractivity contribution is 7.92. The summed E-state index contributed by atoms with van der Waals surface area (Å²) in [5, 5.41) is 0.374. The van der Waals surface area contributed by atoms with Gasteiger partial charge in [-0.1, -0.05) is 24.4 Å². The zero-order chi connectivity index (χ0) is 18.6. The van der Waals surface area contributed by atoms with E-state index < -0.39 is 16.1 Å². The van der Waals surface area contributed by atoms with Crippen LogP contribution < -0.4 is 9.04 Å². The molecule has 1 aliphatic rings. The number of amides is 1. The fraction of sp³-hybridized carbons (Fsp3) is 0.588. The van der Waals surface area contributed by atoms with E-state index in [1.807, 2.05) is 0 Å². The van der Waals surface area contributed by atoms with Gasteiger partial charge in [0.15, 0.2) is 0 Å². The van der Waals surface area contributed by atoms with Crippen LogP contribution >= 0.6 is 11.6 Å². The Balaban J connectivity index is 2.41. The molecule has 1 aromatic rings. The summed E-state index contributed by atoms with van der Waals surface area (Å²) in [6.07, 6.45) is 5.15. The molecule has 2 rings (SSSR count). The van der Waals surface area contributed by atoms with Crippen LogP contribution in [-0.2, 0) is 14.8 Å². The molecule has 0 spiro atoms. The molecule has 1 fully saturated rings. The topological polar surface area (TPSA) is 66.9 Å². The van der Waals surface area contributed by atoms with Crippen LogP contribution in [-0.4, -0.2) is 51.7 Å². The van der Waals surface area contributed by atoms with E-state index in [1.54, 1.807) is 24.0 Å². The molecule has 0 radical (unpaired) electrons. The largest absolute Gasteiger partial charge is 0.495 e. The summed E-state index contributed by atoms with van der Waals surface area (Å²) in [6, 6.07) is 3.85. The predicted molar refractivity (Wildman–Crippen MR) is 99.8 cm³/mol. The molecule has 0 saturated carbocycles. The molecule has 0 bridgehead atoms. The van der Waals surface area contributed by atoms with Crippen LogP contribution in [0.2, 0.25) is 5.02 Å². The highest BCUT2D eigenvalue weighted by atomic mass is 35.5. The Morgan fingerprint density at radius 1 is 1.24 bits per heavy atom. The number of carbonyl (C=O) groups is 1. The van der Waals surface area contributed by atoms with Crippen LogP contribution in [0, 0.1) is 0 Å². The van der Waals surface area contributed by atoms with E-state index >= 15 is 0 Å². The van der Waals surface area contributed by atoms with Crippen molar-refractivity contribution in [1.82, 2.24) is 4.90 Å². The van der Waals surface area contributed by atoms with Crippen molar-refractivity contribution >= 4 is 33.2 Å². The lowest BCUT2D eigenvalue weighted by atomic mass is 10.2. The average Bonchev–Trinajstić information content (AvgIpc) is 2.82. The SMILES string of the molecule is COc1ccc(Cl)cc1N(C(C)C(=O)N1CCCCCC1)S(C)(=O)=O. The monoisotopic (exact) mass is 388 g/mol. The van der Waals surface area contributed by atoms with Crippen LogP contribution in [0.3, 0.4) is 0 Å². The molecule has 25 heavy (non-hydrogen) atoms. The van der Waals surface area contributed by atoms with E-state index in [0.29, 0.717) is 23.9 Å². The van der Waals surface area contributed by atoms with Crippen LogP contribution in [0.15, 0.2) is 18.2 Å². The van der Waals surface area contributed by atoms with Gasteiger partial charge in [-0.15, -0.1) is 0 Å². The van der Waals surface area contributed by atoms with Gasteiger partial charge in [0.1, 0.15) is 11.8 Å². The smallest absolute Gasteiger partial charge is 0.246 e. The van der Waals surface area contributed by atoms with Crippen molar-refractivity contribution in [3.63, 3.8) is 0 Å². The number of rotatable bonds is 5. The van der Waals surface area contributed by atoms with Crippen molar-refractivity contribution in [2.75, 3.05) is 30.8 Å². The maximum absolute atomic E-state index is 12.9. The minimum absolute atomic E-state index is 0.200. The van der Waals surface area contributed by atoms with Crippen molar-refractivity contribution in [2.45, 2.75) is 38.6 Å². The van der Waals surface area contributed by atoms with Crippen LogP contribution in [0.1, 0.15) is 32.6 Å². The van der Waals surface area contributed by atoms with Gasteiger partial charge < -0.3 is 9.64 Å². The van der Waals surface area contributed by atoms with Crippen molar-refractivity contribution in [3.8, 4) is 5.75 Å². The third-order valence-electron chi connectivity index (χ3n) is 4.36. The van der Waals surface area contributed by atoms with E-state index in [1.165, 1.54) is 13.2 Å². The Morgan fingerprint density at radius 2 is 1.84 bits per heavy atom. The van der Waals surface area contributed by atoms with Gasteiger partial charge in [-0.3, -0.25) is 9.10 Å². The Bertz CT molecular complexity index is 715. The molecule has 1 aromatic carbocycles. The molecular weight excluding hydrogens is 364 g/mol. The average molecular weight is 389 g/mol. The van der Waals surface area contributed by atoms with E-state index in [-0.39, 0.29) is 11.6 Å². The molecule has 1 unspecified atom stereocenters. The van der Waals surface area contributed by atoms with Crippen molar-refractivity contribution in [3.05, 3.63) is 23.2 Å². The fourth-order valence-electron chi connectivity index (χ4n) is 3.17. The molecule has 1 aliphatic heterocycles. The maximum Gasteiger partial charge on any atom is 0.246 e. The normalized spacial score (nSPS) is 16.9. The minimum atomic E-state index is -3.71. The summed E-state index contributed by atoms with van der Waals surface area (Å²) in [5.41, 5.74) is 0.271. The highest BCUT2D eigenvalue weighted by Crippen LogP contribution is 2.34. The first-order valence-electron chi connectivity index (χ1n) is 8.37. The number of ether oxygens (including phenoxy) is 1. The van der Waals surface area contributed by atoms with E-state index in [2.05, 4.69) is 0 Å². The summed E-state index contributed by atoms with van der Waals surface area (Å²) in [6.45, 7) is 2.93. The Hall–Kier alpha value is -1.47. The number of likely N-dealkylation sites (tertiary alicyclic amines) is 1. The van der Waals surface area contributed by atoms with Crippen molar-refractivity contribution < 1.29 is 17.9 Å². The Morgan fingerprint density at radius 3 is 2.36 bits per heavy atom. The highest BCUT2D eigenvalue weighted by Gasteiger charge is 2.34. The van der Waals surface area contributed by atoms with Gasteiger partial charge in [-0.2, -0.15) is 0 Å². The Labute approximate surface area is 154 Å². The van der Waals surface area contributed by atoms with Gasteiger partial charge in [0, 0.05) is 18.1 Å². The lowest BCUT2D eigenvalue weighted by Gasteiger charge is -2.33. The number of carbonyl (C=O) groups excluding carboxylic acids is 1. The molecule has 8 heteroatoms. The lowest BCUT2D eigenvalue weighted by molar-refractivity contribution is -0.131. The Kier molecular flexibility index (Phi) is 6.57. The molecular formula is C17H25ClN2O4S. The summed E-state index contributed by atoms with van der Waals surface area (Å²) in [7, 11) is -2.26. The second-order valence-electron chi connectivity index (χ2n) is 6.29. The van der Waals surface area contributed by atoms with Crippen molar-refractivity contribution in [1.29, 1.82) is 0 Å². The van der Waals surface area contributed by atoms with Gasteiger partial charge in [0.25, 0.3) is 0 Å². The molecule has 6 nitrogen and oxygen atoms in total. The molecule has 0 N–H and O–H groups in total. The summed E-state index contributed by atoms with van der Waals surface area (Å²) >= 11 is 6.05. The molecule has 1 atom stereocenters. The number of nitrogens with zero attached hydrogens (tertiary/aromatic N) is 2. The maximum atomic E-state index is 12.9. The number of anilines is 1. The predicted octanol–water partition coefficient (Wildman–Crippen LogP) is 2.91. The van der Waals surface area contributed by atoms with Gasteiger partial charge in [-0.05, 0) is 38.0 Å². The number of hydrogen-bond acceptors (Lipinski definition) is 4.